The molecule has 1 aromatic carbocycles. The van der Waals surface area contributed by atoms with Crippen LogP contribution in [0.5, 0.6) is 0 Å². The van der Waals surface area contributed by atoms with Crippen molar-refractivity contribution in [3.63, 3.8) is 0 Å². The molecule has 3 heterocycles. The highest BCUT2D eigenvalue weighted by Gasteiger charge is 2.30. The molecule has 2 aliphatic heterocycles. The van der Waals surface area contributed by atoms with Crippen LogP contribution in [0.15, 0.2) is 30.3 Å². The molecule has 4 heteroatoms. The van der Waals surface area contributed by atoms with E-state index in [0.717, 1.165) is 31.6 Å². The Balaban J connectivity index is 1.49. The SMILES string of the molecule is C(#Cc1ccccc1)CN1CCC[C@@H]1c1nnc2n1CCCCC2. The Hall–Kier alpha value is -2.12. The number of hydrogen-bond donors (Lipinski definition) is 0. The van der Waals surface area contributed by atoms with Gasteiger partial charge < -0.3 is 4.57 Å². The Morgan fingerprint density at radius 1 is 1.00 bits per heavy atom. The predicted molar refractivity (Wildman–Crippen MR) is 94.4 cm³/mol. The number of benzene rings is 1. The molecular formula is C20H24N4. The van der Waals surface area contributed by atoms with E-state index in [-0.39, 0.29) is 0 Å². The van der Waals surface area contributed by atoms with E-state index in [2.05, 4.69) is 43.6 Å². The molecule has 1 fully saturated rings. The first-order valence-corrected chi connectivity index (χ1v) is 9.12. The lowest BCUT2D eigenvalue weighted by Crippen LogP contribution is -2.26. The van der Waals surface area contributed by atoms with E-state index in [1.807, 2.05) is 18.2 Å². The smallest absolute Gasteiger partial charge is 0.150 e. The molecule has 0 aliphatic carbocycles. The molecule has 24 heavy (non-hydrogen) atoms. The Kier molecular flexibility index (Phi) is 4.62. The molecule has 2 aliphatic rings. The van der Waals surface area contributed by atoms with Gasteiger partial charge in [-0.05, 0) is 44.4 Å². The number of likely N-dealkylation sites (tertiary alicyclic amines) is 1. The number of aryl methyl sites for hydroxylation is 1. The normalized spacial score (nSPS) is 20.9. The van der Waals surface area contributed by atoms with Crippen molar-refractivity contribution in [2.45, 2.75) is 51.1 Å². The largest absolute Gasteiger partial charge is 0.314 e. The number of nitrogens with zero attached hydrogens (tertiary/aromatic N) is 4. The number of fused-ring (bicyclic) bond motifs is 1. The lowest BCUT2D eigenvalue weighted by molar-refractivity contribution is 0.272. The number of rotatable bonds is 2. The van der Waals surface area contributed by atoms with Crippen LogP contribution in [0.4, 0.5) is 0 Å². The van der Waals surface area contributed by atoms with Crippen LogP contribution < -0.4 is 0 Å². The van der Waals surface area contributed by atoms with Crippen LogP contribution in [-0.4, -0.2) is 32.8 Å². The fraction of sp³-hybridized carbons (Fsp3) is 0.500. The zero-order valence-corrected chi connectivity index (χ0v) is 14.1. The van der Waals surface area contributed by atoms with Gasteiger partial charge in [-0.15, -0.1) is 10.2 Å². The number of hydrogen-bond acceptors (Lipinski definition) is 3. The summed E-state index contributed by atoms with van der Waals surface area (Å²) in [4.78, 5) is 2.47. The van der Waals surface area contributed by atoms with Crippen LogP contribution in [0.25, 0.3) is 0 Å². The van der Waals surface area contributed by atoms with Gasteiger partial charge in [0.25, 0.3) is 0 Å². The van der Waals surface area contributed by atoms with Crippen LogP contribution in [0.1, 0.15) is 55.4 Å². The molecule has 4 nitrogen and oxygen atoms in total. The molecule has 0 N–H and O–H groups in total. The molecule has 0 radical (unpaired) electrons. The highest BCUT2D eigenvalue weighted by Crippen LogP contribution is 2.31. The third-order valence-corrected chi connectivity index (χ3v) is 5.09. The van der Waals surface area contributed by atoms with E-state index in [0.29, 0.717) is 6.04 Å². The van der Waals surface area contributed by atoms with Crippen LogP contribution in [0.2, 0.25) is 0 Å². The summed E-state index contributed by atoms with van der Waals surface area (Å²) in [6.45, 7) is 3.00. The minimum absolute atomic E-state index is 0.384. The molecule has 2 aromatic rings. The highest BCUT2D eigenvalue weighted by molar-refractivity contribution is 5.33. The van der Waals surface area contributed by atoms with Gasteiger partial charge in [0.15, 0.2) is 0 Å². The molecule has 0 spiro atoms. The first-order valence-electron chi connectivity index (χ1n) is 9.12. The second kappa shape index (κ2) is 7.19. The minimum atomic E-state index is 0.384. The van der Waals surface area contributed by atoms with Crippen molar-refractivity contribution in [1.82, 2.24) is 19.7 Å². The van der Waals surface area contributed by atoms with Gasteiger partial charge in [0.1, 0.15) is 11.6 Å². The molecular weight excluding hydrogens is 296 g/mol. The zero-order chi connectivity index (χ0) is 16.2. The van der Waals surface area contributed by atoms with Gasteiger partial charge in [-0.1, -0.05) is 36.5 Å². The molecule has 1 atom stereocenters. The summed E-state index contributed by atoms with van der Waals surface area (Å²) in [6, 6.07) is 10.6. The summed E-state index contributed by atoms with van der Waals surface area (Å²) in [5.41, 5.74) is 1.09. The molecule has 1 aromatic heterocycles. The fourth-order valence-electron chi connectivity index (χ4n) is 3.83. The topological polar surface area (TPSA) is 34.0 Å². The quantitative estimate of drug-likeness (QED) is 0.797. The Labute approximate surface area is 143 Å². The molecule has 1 saturated heterocycles. The van der Waals surface area contributed by atoms with Crippen molar-refractivity contribution < 1.29 is 0 Å². The maximum atomic E-state index is 4.56. The zero-order valence-electron chi connectivity index (χ0n) is 14.1. The highest BCUT2D eigenvalue weighted by atomic mass is 15.3. The average molecular weight is 320 g/mol. The Morgan fingerprint density at radius 2 is 1.92 bits per heavy atom. The molecule has 0 amide bonds. The third kappa shape index (κ3) is 3.22. The van der Waals surface area contributed by atoms with Crippen molar-refractivity contribution >= 4 is 0 Å². The van der Waals surface area contributed by atoms with Crippen LogP contribution in [0.3, 0.4) is 0 Å². The molecule has 4 rings (SSSR count). The summed E-state index contributed by atoms with van der Waals surface area (Å²) < 4.78 is 2.39. The van der Waals surface area contributed by atoms with Crippen molar-refractivity contribution in [2.24, 2.45) is 0 Å². The van der Waals surface area contributed by atoms with E-state index in [1.165, 1.54) is 43.8 Å². The van der Waals surface area contributed by atoms with E-state index < -0.39 is 0 Å². The monoisotopic (exact) mass is 320 g/mol. The Bertz CT molecular complexity index is 738. The molecule has 124 valence electrons. The number of aromatic nitrogens is 3. The maximum absolute atomic E-state index is 4.56. The van der Waals surface area contributed by atoms with Gasteiger partial charge in [0.05, 0.1) is 12.6 Å². The summed E-state index contributed by atoms with van der Waals surface area (Å²) in [7, 11) is 0. The minimum Gasteiger partial charge on any atom is -0.314 e. The van der Waals surface area contributed by atoms with E-state index >= 15 is 0 Å². The van der Waals surface area contributed by atoms with Gasteiger partial charge in [-0.2, -0.15) is 0 Å². The average Bonchev–Trinajstić information content (AvgIpc) is 3.16. The van der Waals surface area contributed by atoms with E-state index in [9.17, 15) is 0 Å². The van der Waals surface area contributed by atoms with Crippen LogP contribution >= 0.6 is 0 Å². The van der Waals surface area contributed by atoms with Gasteiger partial charge in [-0.25, -0.2) is 0 Å². The maximum Gasteiger partial charge on any atom is 0.150 e. The van der Waals surface area contributed by atoms with Gasteiger partial charge in [0, 0.05) is 18.5 Å². The molecule has 0 unspecified atom stereocenters. The van der Waals surface area contributed by atoms with Crippen LogP contribution in [-0.2, 0) is 13.0 Å². The summed E-state index contributed by atoms with van der Waals surface area (Å²) in [5, 5.41) is 9.03. The van der Waals surface area contributed by atoms with E-state index in [1.54, 1.807) is 0 Å². The van der Waals surface area contributed by atoms with Crippen molar-refractivity contribution in [3.05, 3.63) is 47.5 Å². The standard InChI is InChI=1S/C20H24N4/c1-3-9-17(10-4-1)11-7-14-23-15-8-12-18(23)20-22-21-19-13-5-2-6-16-24(19)20/h1,3-4,9-10,18H,2,5-6,8,12-16H2/t18-/m1/s1. The van der Waals surface area contributed by atoms with Gasteiger partial charge in [-0.3, -0.25) is 4.90 Å². The lowest BCUT2D eigenvalue weighted by Gasteiger charge is -2.22. The van der Waals surface area contributed by atoms with Crippen molar-refractivity contribution in [1.29, 1.82) is 0 Å². The summed E-state index contributed by atoms with van der Waals surface area (Å²) in [6.07, 6.45) is 7.27. The van der Waals surface area contributed by atoms with Crippen molar-refractivity contribution in [3.8, 4) is 11.8 Å². The third-order valence-electron chi connectivity index (χ3n) is 5.09. The molecule has 0 bridgehead atoms. The fourth-order valence-corrected chi connectivity index (χ4v) is 3.83. The second-order valence-electron chi connectivity index (χ2n) is 6.73. The first-order chi connectivity index (χ1) is 11.9. The Morgan fingerprint density at radius 3 is 2.83 bits per heavy atom. The first kappa shape index (κ1) is 15.4. The van der Waals surface area contributed by atoms with Gasteiger partial charge >= 0.3 is 0 Å². The summed E-state index contributed by atoms with van der Waals surface area (Å²) >= 11 is 0. The predicted octanol–water partition coefficient (Wildman–Crippen LogP) is 3.19. The molecule has 0 saturated carbocycles. The van der Waals surface area contributed by atoms with E-state index in [4.69, 9.17) is 0 Å². The van der Waals surface area contributed by atoms with Crippen LogP contribution in [0, 0.1) is 11.8 Å². The van der Waals surface area contributed by atoms with Gasteiger partial charge in [0.2, 0.25) is 0 Å². The lowest BCUT2D eigenvalue weighted by atomic mass is 10.2. The van der Waals surface area contributed by atoms with Crippen molar-refractivity contribution in [2.75, 3.05) is 13.1 Å². The second-order valence-corrected chi connectivity index (χ2v) is 6.73. The summed E-state index contributed by atoms with van der Waals surface area (Å²) in [5.74, 6) is 8.98.